The van der Waals surface area contributed by atoms with Crippen LogP contribution in [0.25, 0.3) is 0 Å². The van der Waals surface area contributed by atoms with Crippen molar-refractivity contribution in [1.82, 2.24) is 14.9 Å². The first-order valence-corrected chi connectivity index (χ1v) is 12.6. The molecule has 0 radical (unpaired) electrons. The number of methoxy groups -OCH3 is 1. The number of ether oxygens (including phenoxy) is 2. The normalized spacial score (nSPS) is 11.8. The smallest absolute Gasteiger partial charge is 0.187 e. The molecule has 1 unspecified atom stereocenters. The van der Waals surface area contributed by atoms with Crippen molar-refractivity contribution in [3.63, 3.8) is 0 Å². The number of benzene rings is 2. The minimum atomic E-state index is -0.793. The maximum absolute atomic E-state index is 13.6. The van der Waals surface area contributed by atoms with Crippen LogP contribution in [0, 0.1) is 0 Å². The number of halogens is 1. The van der Waals surface area contributed by atoms with E-state index in [4.69, 9.17) is 21.1 Å². The number of likely N-dealkylation sites (N-methyl/N-ethyl adjacent to an activating group) is 1. The summed E-state index contributed by atoms with van der Waals surface area (Å²) >= 11 is 7.50. The third-order valence-electron chi connectivity index (χ3n) is 5.32. The van der Waals surface area contributed by atoms with E-state index in [9.17, 15) is 9.59 Å². The zero-order chi connectivity index (χ0) is 25.4. The van der Waals surface area contributed by atoms with Crippen LogP contribution >= 0.6 is 23.4 Å². The van der Waals surface area contributed by atoms with Gasteiger partial charge in [-0.3, -0.25) is 9.59 Å². The molecule has 2 aromatic carbocycles. The fourth-order valence-corrected chi connectivity index (χ4v) is 3.94. The molecular weight excluding hydrogens is 486 g/mol. The van der Waals surface area contributed by atoms with Crippen molar-refractivity contribution < 1.29 is 19.1 Å². The van der Waals surface area contributed by atoms with Crippen LogP contribution in [0.3, 0.4) is 0 Å². The summed E-state index contributed by atoms with van der Waals surface area (Å²) in [5.41, 5.74) is 1.37. The van der Waals surface area contributed by atoms with Gasteiger partial charge in [-0.15, -0.1) is 0 Å². The van der Waals surface area contributed by atoms with Crippen LogP contribution in [0.15, 0.2) is 59.9 Å². The number of aromatic nitrogens is 2. The van der Waals surface area contributed by atoms with Gasteiger partial charge in [0.25, 0.3) is 0 Å². The number of ketones is 2. The topological polar surface area (TPSA) is 81.6 Å². The summed E-state index contributed by atoms with van der Waals surface area (Å²) in [7, 11) is 5.44. The first-order chi connectivity index (χ1) is 16.8. The second-order valence-electron chi connectivity index (χ2n) is 8.04. The molecule has 0 bridgehead atoms. The molecule has 7 nitrogen and oxygen atoms in total. The Kier molecular flexibility index (Phi) is 9.65. The molecular formula is C26H28ClN3O4S. The van der Waals surface area contributed by atoms with E-state index in [2.05, 4.69) is 9.97 Å². The predicted molar refractivity (Wildman–Crippen MR) is 138 cm³/mol. The molecule has 1 heterocycles. The molecule has 0 N–H and O–H groups in total. The van der Waals surface area contributed by atoms with Crippen LogP contribution in [0.2, 0.25) is 5.02 Å². The molecule has 35 heavy (non-hydrogen) atoms. The molecule has 0 aliphatic heterocycles. The van der Waals surface area contributed by atoms with Crippen molar-refractivity contribution in [3.8, 4) is 11.5 Å². The summed E-state index contributed by atoms with van der Waals surface area (Å²) in [6.07, 6.45) is 3.41. The number of thioether (sulfide) groups is 1. The number of hydrogen-bond acceptors (Lipinski definition) is 8. The lowest BCUT2D eigenvalue weighted by Gasteiger charge is -2.16. The van der Waals surface area contributed by atoms with Crippen LogP contribution in [0.4, 0.5) is 0 Å². The first-order valence-electron chi connectivity index (χ1n) is 11.0. The van der Waals surface area contributed by atoms with Gasteiger partial charge in [0, 0.05) is 30.3 Å². The van der Waals surface area contributed by atoms with Crippen LogP contribution < -0.4 is 9.47 Å². The van der Waals surface area contributed by atoms with Crippen LogP contribution in [-0.2, 0) is 0 Å². The molecule has 0 aliphatic rings. The fraction of sp³-hybridized carbons (Fsp3) is 0.308. The summed E-state index contributed by atoms with van der Waals surface area (Å²) < 4.78 is 11.0. The second-order valence-corrected chi connectivity index (χ2v) is 9.22. The minimum absolute atomic E-state index is 0.0462. The van der Waals surface area contributed by atoms with Crippen molar-refractivity contribution in [2.45, 2.75) is 17.5 Å². The lowest BCUT2D eigenvalue weighted by molar-refractivity contribution is 0.0891. The van der Waals surface area contributed by atoms with Crippen LogP contribution in [-0.4, -0.2) is 67.0 Å². The van der Waals surface area contributed by atoms with Crippen molar-refractivity contribution in [2.75, 3.05) is 40.6 Å². The van der Waals surface area contributed by atoms with Crippen molar-refractivity contribution in [1.29, 1.82) is 0 Å². The van der Waals surface area contributed by atoms with Crippen LogP contribution in [0.1, 0.15) is 38.7 Å². The van der Waals surface area contributed by atoms with E-state index in [0.717, 1.165) is 6.54 Å². The van der Waals surface area contributed by atoms with Crippen molar-refractivity contribution in [2.24, 2.45) is 0 Å². The number of hydrogen-bond donors (Lipinski definition) is 0. The Balaban J connectivity index is 1.85. The molecule has 0 saturated carbocycles. The van der Waals surface area contributed by atoms with Gasteiger partial charge >= 0.3 is 0 Å². The van der Waals surface area contributed by atoms with Gasteiger partial charge in [0.2, 0.25) is 0 Å². The van der Waals surface area contributed by atoms with Gasteiger partial charge in [-0.05, 0) is 68.9 Å². The van der Waals surface area contributed by atoms with E-state index in [1.165, 1.54) is 18.9 Å². The number of rotatable bonds is 12. The molecule has 3 rings (SSSR count). The van der Waals surface area contributed by atoms with E-state index in [-0.39, 0.29) is 18.0 Å². The number of nitrogens with zero attached hydrogens (tertiary/aromatic N) is 3. The zero-order valence-electron chi connectivity index (χ0n) is 20.2. The summed E-state index contributed by atoms with van der Waals surface area (Å²) in [5.74, 6) is -0.140. The molecule has 0 fully saturated rings. The highest BCUT2D eigenvalue weighted by Gasteiger charge is 2.28. The predicted octanol–water partition coefficient (Wildman–Crippen LogP) is 5.04. The second kappa shape index (κ2) is 12.7. The van der Waals surface area contributed by atoms with Gasteiger partial charge < -0.3 is 14.4 Å². The fourth-order valence-electron chi connectivity index (χ4n) is 3.38. The Morgan fingerprint density at radius 1 is 1.09 bits per heavy atom. The highest BCUT2D eigenvalue weighted by Crippen LogP contribution is 2.30. The molecule has 0 saturated heterocycles. The van der Waals surface area contributed by atoms with Crippen molar-refractivity contribution in [3.05, 3.63) is 76.6 Å². The van der Waals surface area contributed by atoms with E-state index < -0.39 is 5.92 Å². The molecule has 1 atom stereocenters. The summed E-state index contributed by atoms with van der Waals surface area (Å²) in [6, 6.07) is 13.4. The largest absolute Gasteiger partial charge is 0.495 e. The lowest BCUT2D eigenvalue weighted by Crippen LogP contribution is -2.19. The summed E-state index contributed by atoms with van der Waals surface area (Å²) in [5, 5.41) is 0.928. The summed E-state index contributed by atoms with van der Waals surface area (Å²) in [4.78, 5) is 37.5. The molecule has 0 spiro atoms. The molecule has 1 aromatic heterocycles. The molecule has 9 heteroatoms. The number of carbonyl (C=O) groups excluding carboxylic acids is 2. The first kappa shape index (κ1) is 26.7. The Morgan fingerprint density at radius 3 is 2.46 bits per heavy atom. The highest BCUT2D eigenvalue weighted by atomic mass is 35.5. The van der Waals surface area contributed by atoms with E-state index in [0.29, 0.717) is 45.1 Å². The Hall–Kier alpha value is -2.94. The van der Waals surface area contributed by atoms with E-state index in [1.54, 1.807) is 54.7 Å². The maximum Gasteiger partial charge on any atom is 0.187 e. The monoisotopic (exact) mass is 513 g/mol. The van der Waals surface area contributed by atoms with Gasteiger partial charge in [0.1, 0.15) is 18.1 Å². The summed E-state index contributed by atoms with van der Waals surface area (Å²) in [6.45, 7) is 1.34. The van der Waals surface area contributed by atoms with E-state index >= 15 is 0 Å². The number of carbonyl (C=O) groups is 2. The Bertz CT molecular complexity index is 1170. The third kappa shape index (κ3) is 7.27. The molecule has 0 aliphatic carbocycles. The van der Waals surface area contributed by atoms with Gasteiger partial charge in [-0.2, -0.15) is 0 Å². The van der Waals surface area contributed by atoms with Crippen molar-refractivity contribution >= 4 is 34.9 Å². The average molecular weight is 514 g/mol. The molecule has 3 aromatic rings. The third-order valence-corrected chi connectivity index (χ3v) is 6.19. The van der Waals surface area contributed by atoms with Gasteiger partial charge in [0.15, 0.2) is 16.7 Å². The zero-order valence-corrected chi connectivity index (χ0v) is 21.7. The lowest BCUT2D eigenvalue weighted by atomic mass is 9.88. The van der Waals surface area contributed by atoms with E-state index in [1.807, 2.05) is 25.3 Å². The quantitative estimate of drug-likeness (QED) is 0.189. The molecule has 184 valence electrons. The average Bonchev–Trinajstić information content (AvgIpc) is 2.87. The standard InChI is InChI=1S/C26H28ClN3O4S/c1-30(2)13-14-34-19-8-5-17(6-9-19)23(31)16-20(22-11-12-28-26(29-22)35-4)25(32)18-7-10-21(27)24(15-18)33-3/h5-12,15,20H,13-14,16H2,1-4H3. The van der Waals surface area contributed by atoms with Gasteiger partial charge in [-0.25, -0.2) is 9.97 Å². The van der Waals surface area contributed by atoms with Crippen LogP contribution in [0.5, 0.6) is 11.5 Å². The Labute approximate surface area is 214 Å². The SMILES string of the molecule is COc1cc(C(=O)C(CC(=O)c2ccc(OCCN(C)C)cc2)c2ccnc(SC)n2)ccc1Cl. The van der Waals surface area contributed by atoms with Gasteiger partial charge in [-0.1, -0.05) is 23.4 Å². The van der Waals surface area contributed by atoms with Gasteiger partial charge in [0.05, 0.1) is 23.7 Å². The minimum Gasteiger partial charge on any atom is -0.495 e. The Morgan fingerprint density at radius 2 is 1.80 bits per heavy atom. The maximum atomic E-state index is 13.6. The highest BCUT2D eigenvalue weighted by molar-refractivity contribution is 7.98. The molecule has 0 amide bonds. The number of Topliss-reactive ketones (excluding diaryl/α,β-unsaturated/α-hetero) is 2.